The van der Waals surface area contributed by atoms with Crippen molar-refractivity contribution in [3.05, 3.63) is 18.5 Å². The van der Waals surface area contributed by atoms with Gasteiger partial charge in [-0.1, -0.05) is 24.8 Å². The van der Waals surface area contributed by atoms with Crippen LogP contribution in [0.1, 0.15) is 19.2 Å². The Hall–Kier alpha value is -1.30. The number of nitrogens with zero attached hydrogens (tertiary/aromatic N) is 3. The van der Waals surface area contributed by atoms with Crippen molar-refractivity contribution in [3.8, 4) is 0 Å². The second-order valence-electron chi connectivity index (χ2n) is 3.47. The fourth-order valence-corrected chi connectivity index (χ4v) is 2.38. The predicted molar refractivity (Wildman–Crippen MR) is 66.9 cm³/mol. The molecule has 0 aliphatic carbocycles. The first-order valence-corrected chi connectivity index (χ1v) is 6.27. The molecular formula is C11H17N3O2S. The molecule has 0 bridgehead atoms. The fourth-order valence-electron chi connectivity index (χ4n) is 1.34. The van der Waals surface area contributed by atoms with Crippen molar-refractivity contribution in [2.24, 2.45) is 0 Å². The average molecular weight is 255 g/mol. The highest BCUT2D eigenvalue weighted by atomic mass is 32.2. The van der Waals surface area contributed by atoms with Gasteiger partial charge in [0.1, 0.15) is 11.1 Å². The first-order valence-electron chi connectivity index (χ1n) is 5.39. The van der Waals surface area contributed by atoms with Gasteiger partial charge in [-0.3, -0.25) is 4.79 Å². The summed E-state index contributed by atoms with van der Waals surface area (Å²) in [6.45, 7) is 8.14. The van der Waals surface area contributed by atoms with Crippen LogP contribution < -0.4 is 0 Å². The molecule has 0 amide bonds. The SMILES string of the molecule is C=CCn1c(C)nnc1S[C@H](CC)C(=O)OC. The first-order chi connectivity index (χ1) is 8.13. The molecule has 0 unspecified atom stereocenters. The molecule has 94 valence electrons. The largest absolute Gasteiger partial charge is 0.468 e. The monoisotopic (exact) mass is 255 g/mol. The quantitative estimate of drug-likeness (QED) is 0.441. The minimum absolute atomic E-state index is 0.233. The minimum Gasteiger partial charge on any atom is -0.468 e. The molecule has 0 saturated carbocycles. The lowest BCUT2D eigenvalue weighted by Crippen LogP contribution is -2.18. The van der Waals surface area contributed by atoms with Crippen molar-refractivity contribution in [2.75, 3.05) is 7.11 Å². The summed E-state index contributed by atoms with van der Waals surface area (Å²) < 4.78 is 6.66. The average Bonchev–Trinajstić information content (AvgIpc) is 2.67. The summed E-state index contributed by atoms with van der Waals surface area (Å²) in [5.74, 6) is 0.579. The topological polar surface area (TPSA) is 57.0 Å². The van der Waals surface area contributed by atoms with Gasteiger partial charge in [-0.25, -0.2) is 0 Å². The van der Waals surface area contributed by atoms with Crippen LogP contribution in [0, 0.1) is 6.92 Å². The van der Waals surface area contributed by atoms with E-state index in [2.05, 4.69) is 16.8 Å². The number of methoxy groups -OCH3 is 1. The second kappa shape index (κ2) is 6.44. The number of rotatable bonds is 6. The Morgan fingerprint density at radius 2 is 2.35 bits per heavy atom. The molecule has 1 aromatic rings. The molecule has 1 atom stereocenters. The third-order valence-electron chi connectivity index (χ3n) is 2.30. The van der Waals surface area contributed by atoms with Crippen LogP contribution in [-0.2, 0) is 16.1 Å². The maximum atomic E-state index is 11.5. The number of esters is 1. The van der Waals surface area contributed by atoms with Crippen molar-refractivity contribution in [2.45, 2.75) is 37.2 Å². The lowest BCUT2D eigenvalue weighted by molar-refractivity contribution is -0.140. The molecule has 1 heterocycles. The maximum Gasteiger partial charge on any atom is 0.319 e. The molecular weight excluding hydrogens is 238 g/mol. The number of aromatic nitrogens is 3. The van der Waals surface area contributed by atoms with Crippen LogP contribution in [0.4, 0.5) is 0 Å². The zero-order chi connectivity index (χ0) is 12.8. The van der Waals surface area contributed by atoms with E-state index in [4.69, 9.17) is 4.74 Å². The fraction of sp³-hybridized carbons (Fsp3) is 0.545. The van der Waals surface area contributed by atoms with Crippen LogP contribution in [0.3, 0.4) is 0 Å². The van der Waals surface area contributed by atoms with E-state index in [-0.39, 0.29) is 11.2 Å². The molecule has 0 N–H and O–H groups in total. The highest BCUT2D eigenvalue weighted by Gasteiger charge is 2.21. The van der Waals surface area contributed by atoms with Crippen LogP contribution >= 0.6 is 11.8 Å². The van der Waals surface area contributed by atoms with E-state index in [1.54, 1.807) is 6.08 Å². The maximum absolute atomic E-state index is 11.5. The number of carbonyl (C=O) groups excluding carboxylic acids is 1. The van der Waals surface area contributed by atoms with Crippen LogP contribution in [0.25, 0.3) is 0 Å². The van der Waals surface area contributed by atoms with Gasteiger partial charge in [0.2, 0.25) is 0 Å². The second-order valence-corrected chi connectivity index (χ2v) is 4.64. The van der Waals surface area contributed by atoms with Crippen molar-refractivity contribution < 1.29 is 9.53 Å². The molecule has 0 aliphatic heterocycles. The number of carbonyl (C=O) groups is 1. The number of allylic oxidation sites excluding steroid dienone is 1. The van der Waals surface area contributed by atoms with Gasteiger partial charge in [0.05, 0.1) is 7.11 Å². The van der Waals surface area contributed by atoms with E-state index in [1.165, 1.54) is 18.9 Å². The van der Waals surface area contributed by atoms with E-state index >= 15 is 0 Å². The number of thioether (sulfide) groups is 1. The summed E-state index contributed by atoms with van der Waals surface area (Å²) in [5.41, 5.74) is 0. The highest BCUT2D eigenvalue weighted by Crippen LogP contribution is 2.25. The van der Waals surface area contributed by atoms with E-state index in [0.717, 1.165) is 11.0 Å². The molecule has 1 rings (SSSR count). The molecule has 17 heavy (non-hydrogen) atoms. The van der Waals surface area contributed by atoms with Crippen LogP contribution in [-0.4, -0.2) is 33.1 Å². The van der Waals surface area contributed by atoms with E-state index < -0.39 is 0 Å². The zero-order valence-corrected chi connectivity index (χ0v) is 11.2. The molecule has 0 radical (unpaired) electrons. The normalized spacial score (nSPS) is 12.2. The van der Waals surface area contributed by atoms with Crippen molar-refractivity contribution >= 4 is 17.7 Å². The van der Waals surface area contributed by atoms with Gasteiger partial charge in [0.25, 0.3) is 0 Å². The van der Waals surface area contributed by atoms with E-state index in [0.29, 0.717) is 13.0 Å². The molecule has 6 heteroatoms. The van der Waals surface area contributed by atoms with E-state index in [9.17, 15) is 4.79 Å². The third-order valence-corrected chi connectivity index (χ3v) is 3.62. The number of aryl methyl sites for hydroxylation is 1. The lowest BCUT2D eigenvalue weighted by atomic mass is 10.3. The predicted octanol–water partition coefficient (Wildman–Crippen LogP) is 1.82. The van der Waals surface area contributed by atoms with Crippen molar-refractivity contribution in [1.29, 1.82) is 0 Å². The number of ether oxygens (including phenoxy) is 1. The van der Waals surface area contributed by atoms with Crippen LogP contribution in [0.15, 0.2) is 17.8 Å². The van der Waals surface area contributed by atoms with Gasteiger partial charge in [0, 0.05) is 6.54 Å². The van der Waals surface area contributed by atoms with E-state index in [1.807, 2.05) is 18.4 Å². The summed E-state index contributed by atoms with van der Waals surface area (Å²) in [7, 11) is 1.39. The van der Waals surface area contributed by atoms with Crippen molar-refractivity contribution in [3.63, 3.8) is 0 Å². The Kier molecular flexibility index (Phi) is 5.21. The van der Waals surface area contributed by atoms with Gasteiger partial charge in [0.15, 0.2) is 5.16 Å². The van der Waals surface area contributed by atoms with Crippen LogP contribution in [0.5, 0.6) is 0 Å². The molecule has 5 nitrogen and oxygen atoms in total. The first kappa shape index (κ1) is 13.8. The Balaban J connectivity index is 2.85. The molecule has 0 aliphatic rings. The highest BCUT2D eigenvalue weighted by molar-refractivity contribution is 8.00. The number of hydrogen-bond acceptors (Lipinski definition) is 5. The van der Waals surface area contributed by atoms with Gasteiger partial charge in [-0.15, -0.1) is 16.8 Å². The van der Waals surface area contributed by atoms with Gasteiger partial charge in [-0.05, 0) is 13.3 Å². The van der Waals surface area contributed by atoms with Gasteiger partial charge < -0.3 is 9.30 Å². The van der Waals surface area contributed by atoms with Crippen LogP contribution in [0.2, 0.25) is 0 Å². The molecule has 0 aromatic carbocycles. The van der Waals surface area contributed by atoms with Gasteiger partial charge >= 0.3 is 5.97 Å². The lowest BCUT2D eigenvalue weighted by Gasteiger charge is -2.12. The standard InChI is InChI=1S/C11H17N3O2S/c1-5-7-14-8(3)12-13-11(14)17-9(6-2)10(15)16-4/h5,9H,1,6-7H2,2-4H3/t9-/m1/s1. The summed E-state index contributed by atoms with van der Waals surface area (Å²) in [4.78, 5) is 11.5. The molecule has 0 saturated heterocycles. The van der Waals surface area contributed by atoms with Crippen molar-refractivity contribution in [1.82, 2.24) is 14.8 Å². The minimum atomic E-state index is -0.243. The Labute approximate surface area is 105 Å². The Morgan fingerprint density at radius 3 is 2.88 bits per heavy atom. The molecule has 1 aromatic heterocycles. The molecule has 0 spiro atoms. The smallest absolute Gasteiger partial charge is 0.319 e. The zero-order valence-electron chi connectivity index (χ0n) is 10.3. The third kappa shape index (κ3) is 3.33. The van der Waals surface area contributed by atoms with Gasteiger partial charge in [-0.2, -0.15) is 0 Å². The Bertz CT molecular complexity index is 403. The summed E-state index contributed by atoms with van der Waals surface area (Å²) in [6, 6.07) is 0. The summed E-state index contributed by atoms with van der Waals surface area (Å²) in [6.07, 6.45) is 2.47. The molecule has 0 fully saturated rings. The summed E-state index contributed by atoms with van der Waals surface area (Å²) >= 11 is 1.38. The summed E-state index contributed by atoms with van der Waals surface area (Å²) in [5, 5.41) is 8.54. The number of hydrogen-bond donors (Lipinski definition) is 0. The Morgan fingerprint density at radius 1 is 1.65 bits per heavy atom.